The zero-order chi connectivity index (χ0) is 57.9. The quantitative estimate of drug-likeness (QED) is 0.0390. The van der Waals surface area contributed by atoms with E-state index in [1.807, 2.05) is 30.7 Å². The van der Waals surface area contributed by atoms with Crippen LogP contribution >= 0.6 is 58.0 Å². The number of benzene rings is 3. The molecule has 430 valence electrons. The van der Waals surface area contributed by atoms with Gasteiger partial charge >= 0.3 is 0 Å². The molecule has 0 saturated carbocycles. The van der Waals surface area contributed by atoms with Crippen LogP contribution in [0.4, 0.5) is 5.82 Å². The molecule has 10 heterocycles. The molecular formula is C54H52Cl5N11O12. The van der Waals surface area contributed by atoms with E-state index in [1.54, 1.807) is 106 Å². The minimum Gasteiger partial charge on any atom is -0.387 e. The second-order valence-corrected chi connectivity index (χ2v) is 22.1. The lowest BCUT2D eigenvalue weighted by Crippen LogP contribution is -2.34. The van der Waals surface area contributed by atoms with Gasteiger partial charge < -0.3 is 78.6 Å². The Morgan fingerprint density at radius 2 is 0.817 bits per heavy atom. The predicted octanol–water partition coefficient (Wildman–Crippen LogP) is 6.70. The SMILES string of the molecule is CC1(C)O[C@H]2[C@@H](O1)[C@H](n1ccc3c(Cl)ncnc31)O[C@@H]2[C@H](O)c1ccc(Cl)cc1.NNc1ncnc2c1ccn2[C@@H]1O[C@H]([C@H](O)c2ccc(Cl)cc2)[C@@H](O)[C@H]1O.O[C@@H]1[C@H](O)[C@@H]([C@H](O)c2ccc(Cl)cc2)O[C@H]1n1ccc2c(Cl)ncnc21. The first-order valence-electron chi connectivity index (χ1n) is 25.4. The van der Waals surface area contributed by atoms with Crippen LogP contribution in [0.2, 0.25) is 25.4 Å². The molecule has 3 aromatic carbocycles. The first kappa shape index (κ1) is 58.0. The zero-order valence-corrected chi connectivity index (χ0v) is 46.7. The van der Waals surface area contributed by atoms with Gasteiger partial charge in [-0.1, -0.05) is 94.4 Å². The van der Waals surface area contributed by atoms with Gasteiger partial charge in [-0.15, -0.1) is 0 Å². The summed E-state index contributed by atoms with van der Waals surface area (Å²) in [6.07, 6.45) is -5.15. The van der Waals surface area contributed by atoms with E-state index in [-0.39, 0.29) is 5.15 Å². The van der Waals surface area contributed by atoms with Gasteiger partial charge in [-0.25, -0.2) is 35.7 Å². The van der Waals surface area contributed by atoms with Crippen LogP contribution in [0.25, 0.3) is 33.1 Å². The molecular weight excluding hydrogens is 1170 g/mol. The van der Waals surface area contributed by atoms with E-state index in [2.05, 4.69) is 35.3 Å². The summed E-state index contributed by atoms with van der Waals surface area (Å²) in [5, 5.41) is 78.3. The molecule has 0 aliphatic carbocycles. The van der Waals surface area contributed by atoms with Gasteiger partial charge in [-0.05, 0) is 85.1 Å². The number of nitrogens with two attached hydrogens (primary N) is 1. The highest BCUT2D eigenvalue weighted by molar-refractivity contribution is 6.34. The number of hydrogen-bond donors (Lipinski definition) is 9. The Balaban J connectivity index is 0.000000129. The molecule has 0 spiro atoms. The molecule has 4 aliphatic heterocycles. The lowest BCUT2D eigenvalue weighted by molar-refractivity contribution is -0.207. The van der Waals surface area contributed by atoms with Crippen molar-refractivity contribution >= 4 is 96.9 Å². The van der Waals surface area contributed by atoms with E-state index in [1.165, 1.54) is 19.0 Å². The lowest BCUT2D eigenvalue weighted by atomic mass is 9.99. The van der Waals surface area contributed by atoms with Crippen LogP contribution in [-0.2, 0) is 23.7 Å². The molecule has 10 N–H and O–H groups in total. The maximum atomic E-state index is 11.0. The number of halogens is 5. The van der Waals surface area contributed by atoms with Crippen molar-refractivity contribution in [3.05, 3.63) is 171 Å². The van der Waals surface area contributed by atoms with Gasteiger partial charge in [0.05, 0.1) is 16.2 Å². The van der Waals surface area contributed by atoms with Gasteiger partial charge in [0.1, 0.15) is 119 Å². The number of anilines is 1. The fraction of sp³-hybridized carbons (Fsp3) is 0.333. The maximum absolute atomic E-state index is 11.0. The average molecular weight is 1220 g/mol. The molecule has 0 amide bonds. The van der Waals surface area contributed by atoms with Crippen molar-refractivity contribution in [3.63, 3.8) is 0 Å². The highest BCUT2D eigenvalue weighted by Gasteiger charge is 2.58. The monoisotopic (exact) mass is 1220 g/mol. The van der Waals surface area contributed by atoms with Crippen LogP contribution in [0, 0.1) is 0 Å². The Morgan fingerprint density at radius 1 is 0.463 bits per heavy atom. The van der Waals surface area contributed by atoms with Crippen LogP contribution in [-0.4, -0.2) is 140 Å². The number of hydrogen-bond acceptors (Lipinski definition) is 20. The third-order valence-corrected chi connectivity index (χ3v) is 15.9. The molecule has 0 radical (unpaired) electrons. The Labute approximate surface area is 490 Å². The molecule has 4 fully saturated rings. The van der Waals surface area contributed by atoms with Gasteiger partial charge in [0, 0.05) is 33.7 Å². The molecule has 82 heavy (non-hydrogen) atoms. The number of nitrogens with one attached hydrogen (secondary N) is 1. The smallest absolute Gasteiger partial charge is 0.164 e. The second kappa shape index (κ2) is 23.7. The highest BCUT2D eigenvalue weighted by atomic mass is 35.5. The Kier molecular flexibility index (Phi) is 16.8. The van der Waals surface area contributed by atoms with Crippen molar-refractivity contribution in [1.82, 2.24) is 43.6 Å². The van der Waals surface area contributed by atoms with E-state index < -0.39 is 97.7 Å². The summed E-state index contributed by atoms with van der Waals surface area (Å²) in [7, 11) is 0. The van der Waals surface area contributed by atoms with Gasteiger partial charge in [-0.2, -0.15) is 0 Å². The molecule has 28 heteroatoms. The summed E-state index contributed by atoms with van der Waals surface area (Å²) in [6.45, 7) is 3.70. The average Bonchev–Trinajstić information content (AvgIpc) is 2.55. The van der Waals surface area contributed by atoms with E-state index in [9.17, 15) is 35.7 Å². The van der Waals surface area contributed by atoms with Crippen LogP contribution in [0.15, 0.2) is 129 Å². The summed E-state index contributed by atoms with van der Waals surface area (Å²) < 4.78 is 35.1. The van der Waals surface area contributed by atoms with Crippen LogP contribution < -0.4 is 11.3 Å². The number of ether oxygens (including phenoxy) is 5. The van der Waals surface area contributed by atoms with Gasteiger partial charge in [0.15, 0.2) is 30.3 Å². The number of fused-ring (bicyclic) bond motifs is 4. The van der Waals surface area contributed by atoms with Crippen molar-refractivity contribution in [3.8, 4) is 0 Å². The number of nitrogen functional groups attached to an aromatic ring is 1. The van der Waals surface area contributed by atoms with E-state index in [0.29, 0.717) is 75.8 Å². The van der Waals surface area contributed by atoms with E-state index in [4.69, 9.17) is 87.5 Å². The fourth-order valence-corrected chi connectivity index (χ4v) is 11.3. The maximum Gasteiger partial charge on any atom is 0.164 e. The minimum absolute atomic E-state index is 0.277. The Bertz CT molecular complexity index is 3700. The summed E-state index contributed by atoms with van der Waals surface area (Å²) in [5.74, 6) is 5.07. The Hall–Kier alpha value is -5.75. The number of aliphatic hydroxyl groups excluding tert-OH is 7. The number of nitrogens with zero attached hydrogens (tertiary/aromatic N) is 9. The predicted molar refractivity (Wildman–Crippen MR) is 299 cm³/mol. The van der Waals surface area contributed by atoms with Crippen molar-refractivity contribution < 1.29 is 59.4 Å². The van der Waals surface area contributed by atoms with Crippen molar-refractivity contribution in [2.45, 2.75) is 112 Å². The first-order valence-corrected chi connectivity index (χ1v) is 27.3. The number of hydrazine groups is 1. The topological polar surface area (TPSA) is 318 Å². The molecule has 6 aromatic heterocycles. The van der Waals surface area contributed by atoms with Crippen LogP contribution in [0.5, 0.6) is 0 Å². The highest BCUT2D eigenvalue weighted by Crippen LogP contribution is 2.48. The molecule has 9 aromatic rings. The van der Waals surface area contributed by atoms with Gasteiger partial charge in [0.2, 0.25) is 0 Å². The second-order valence-electron chi connectivity index (χ2n) is 20.1. The van der Waals surface area contributed by atoms with Crippen LogP contribution in [0.1, 0.15) is 67.5 Å². The molecule has 23 nitrogen and oxygen atoms in total. The van der Waals surface area contributed by atoms with Gasteiger partial charge in [-0.3, -0.25) is 0 Å². The standard InChI is InChI=1S/C20H19Cl2N3O4.C17H15Cl2N3O4.C17H18ClN5O4/c1-20(2)28-15-14(13(26)10-3-5-11(21)6-4-10)27-19(16(15)29-20)25-8-7-12-17(22)23-9-24-18(12)25;18-9-3-1-8(2-4-9)11(23)14-12(24)13(25)17(26-14)22-6-5-10-15(19)20-7-21-16(10)22;18-9-3-1-8(2-4-9)11(24)14-12(25)13(26)17(27-14)23-6-5-10-15(22-19)20-7-21-16(10)23/h3-9,13-16,19,26H,1-2H3;1-7,11-14,17,23-25H;1-7,11-14,17,24-26H,19H2,(H,20,21,22)/t13-,14-,15-,16-,19-;2*11-,12+,13-,14-,17-/m111/s1. The number of aliphatic hydroxyl groups is 7. The molecule has 4 aliphatic rings. The van der Waals surface area contributed by atoms with Crippen molar-refractivity contribution in [2.75, 3.05) is 5.43 Å². The molecule has 0 bridgehead atoms. The Morgan fingerprint density at radius 3 is 1.24 bits per heavy atom. The van der Waals surface area contributed by atoms with E-state index in [0.717, 1.165) is 0 Å². The largest absolute Gasteiger partial charge is 0.387 e. The fourth-order valence-electron chi connectivity index (χ4n) is 10.6. The summed E-state index contributed by atoms with van der Waals surface area (Å²) in [6, 6.07) is 25.4. The molecule has 15 atom stereocenters. The van der Waals surface area contributed by atoms with E-state index >= 15 is 0 Å². The minimum atomic E-state index is -1.30. The molecule has 13 rings (SSSR count). The lowest BCUT2D eigenvalue weighted by Gasteiger charge is -2.27. The van der Waals surface area contributed by atoms with Crippen molar-refractivity contribution in [1.29, 1.82) is 0 Å². The molecule has 4 saturated heterocycles. The number of aromatic nitrogens is 9. The summed E-state index contributed by atoms with van der Waals surface area (Å²) >= 11 is 29.9. The summed E-state index contributed by atoms with van der Waals surface area (Å²) in [5.41, 5.74) is 5.77. The number of rotatable bonds is 10. The van der Waals surface area contributed by atoms with Crippen molar-refractivity contribution in [2.24, 2.45) is 5.84 Å². The summed E-state index contributed by atoms with van der Waals surface area (Å²) in [4.78, 5) is 24.7. The normalized spacial score (nSPS) is 27.6. The third-order valence-electron chi connectivity index (χ3n) is 14.6. The van der Waals surface area contributed by atoms with Gasteiger partial charge in [0.25, 0.3) is 0 Å². The molecule has 0 unspecified atom stereocenters. The zero-order valence-electron chi connectivity index (χ0n) is 42.9. The van der Waals surface area contributed by atoms with Crippen LogP contribution in [0.3, 0.4) is 0 Å². The first-order chi connectivity index (χ1) is 39.3. The third kappa shape index (κ3) is 11.1.